The number of carbonyl (C=O) groups is 1. The van der Waals surface area contributed by atoms with E-state index in [1.54, 1.807) is 0 Å². The first-order valence-electron chi connectivity index (χ1n) is 6.21. The molecule has 0 amide bonds. The summed E-state index contributed by atoms with van der Waals surface area (Å²) in [6, 6.07) is 0. The van der Waals surface area contributed by atoms with Crippen LogP contribution >= 0.6 is 0 Å². The van der Waals surface area contributed by atoms with Crippen molar-refractivity contribution >= 4 is 5.97 Å². The third-order valence-corrected chi connectivity index (χ3v) is 3.45. The first-order chi connectivity index (χ1) is 7.96. The molecule has 0 aromatic carbocycles. The normalized spacial score (nSPS) is 28.9. The van der Waals surface area contributed by atoms with Crippen molar-refractivity contribution in [1.82, 2.24) is 4.90 Å². The molecule has 2 fully saturated rings. The number of likely N-dealkylation sites (tertiary alicyclic amines) is 1. The van der Waals surface area contributed by atoms with Crippen molar-refractivity contribution in [3.05, 3.63) is 0 Å². The van der Waals surface area contributed by atoms with Crippen LogP contribution in [0.25, 0.3) is 0 Å². The smallest absolute Gasteiger partial charge is 0.550 e. The number of piperidine rings is 1. The Morgan fingerprint density at radius 2 is 2.00 bits per heavy atom. The van der Waals surface area contributed by atoms with Gasteiger partial charge in [-0.1, -0.05) is 0 Å². The number of nitrogens with zero attached hydrogens (tertiary/aromatic N) is 1. The van der Waals surface area contributed by atoms with Gasteiger partial charge in [-0.25, -0.2) is 0 Å². The summed E-state index contributed by atoms with van der Waals surface area (Å²) in [6.07, 6.45) is 1.46. The summed E-state index contributed by atoms with van der Waals surface area (Å²) in [6.45, 7) is 6.87. The third kappa shape index (κ3) is 4.25. The van der Waals surface area contributed by atoms with Crippen LogP contribution in [0, 0.1) is 5.92 Å². The van der Waals surface area contributed by atoms with E-state index in [2.05, 4.69) is 4.90 Å². The maximum absolute atomic E-state index is 10.7. The predicted molar refractivity (Wildman–Crippen MR) is 59.1 cm³/mol. The molecule has 2 saturated heterocycles. The van der Waals surface area contributed by atoms with Gasteiger partial charge < -0.3 is 24.3 Å². The van der Waals surface area contributed by atoms with Crippen LogP contribution < -0.4 is 24.0 Å². The standard InChI is InChI=1S/C12H21NO4.Li/c1-12(2)16-8-10(17-12)7-13-5-3-9(4-6-13)11(14)15;/h9-10H,3-8H2,1-2H3,(H,14,15);/q;+1/p-1. The summed E-state index contributed by atoms with van der Waals surface area (Å²) in [5.41, 5.74) is 0. The summed E-state index contributed by atoms with van der Waals surface area (Å²) in [7, 11) is 0. The van der Waals surface area contributed by atoms with Crippen LogP contribution in [-0.4, -0.2) is 49.0 Å². The molecule has 0 spiro atoms. The van der Waals surface area contributed by atoms with Gasteiger partial charge in [0.25, 0.3) is 0 Å². The molecular weight excluding hydrogens is 229 g/mol. The molecule has 2 aliphatic heterocycles. The topological polar surface area (TPSA) is 61.8 Å². The average Bonchev–Trinajstić information content (AvgIpc) is 2.59. The molecule has 18 heavy (non-hydrogen) atoms. The van der Waals surface area contributed by atoms with Gasteiger partial charge in [0, 0.05) is 18.4 Å². The summed E-state index contributed by atoms with van der Waals surface area (Å²) in [5, 5.41) is 10.7. The van der Waals surface area contributed by atoms with E-state index in [9.17, 15) is 9.90 Å². The molecule has 0 N–H and O–H groups in total. The van der Waals surface area contributed by atoms with Gasteiger partial charge in [0.15, 0.2) is 5.79 Å². The Morgan fingerprint density at radius 1 is 1.39 bits per heavy atom. The molecule has 1 atom stereocenters. The van der Waals surface area contributed by atoms with E-state index in [1.807, 2.05) is 13.8 Å². The summed E-state index contributed by atoms with van der Waals surface area (Å²) in [4.78, 5) is 13.0. The number of hydrogen-bond acceptors (Lipinski definition) is 5. The minimum Gasteiger partial charge on any atom is -0.550 e. The van der Waals surface area contributed by atoms with E-state index in [1.165, 1.54) is 0 Å². The largest absolute Gasteiger partial charge is 1.00 e. The fraction of sp³-hybridized carbons (Fsp3) is 0.917. The van der Waals surface area contributed by atoms with Gasteiger partial charge in [-0.15, -0.1) is 0 Å². The number of carbonyl (C=O) groups excluding carboxylic acids is 1. The Labute approximate surface area is 120 Å². The fourth-order valence-corrected chi connectivity index (χ4v) is 2.49. The predicted octanol–water partition coefficient (Wildman–Crippen LogP) is -3.40. The quantitative estimate of drug-likeness (QED) is 0.488. The van der Waals surface area contributed by atoms with Crippen LogP contribution in [-0.2, 0) is 14.3 Å². The Morgan fingerprint density at radius 3 is 2.44 bits per heavy atom. The second-order valence-corrected chi connectivity index (χ2v) is 5.34. The molecule has 2 aliphatic rings. The zero-order valence-corrected chi connectivity index (χ0v) is 11.5. The van der Waals surface area contributed by atoms with Crippen molar-refractivity contribution in [1.29, 1.82) is 0 Å². The van der Waals surface area contributed by atoms with E-state index in [0.29, 0.717) is 19.4 Å². The van der Waals surface area contributed by atoms with Crippen LogP contribution in [0.3, 0.4) is 0 Å². The molecule has 0 aromatic heterocycles. The summed E-state index contributed by atoms with van der Waals surface area (Å²) < 4.78 is 11.2. The van der Waals surface area contributed by atoms with Gasteiger partial charge in [0.1, 0.15) is 0 Å². The molecule has 5 nitrogen and oxygen atoms in total. The number of rotatable bonds is 3. The molecule has 6 heteroatoms. The van der Waals surface area contributed by atoms with E-state index >= 15 is 0 Å². The van der Waals surface area contributed by atoms with Gasteiger partial charge >= 0.3 is 18.9 Å². The molecule has 0 saturated carbocycles. The van der Waals surface area contributed by atoms with Crippen LogP contribution in [0.4, 0.5) is 0 Å². The second kappa shape index (κ2) is 6.40. The van der Waals surface area contributed by atoms with E-state index in [0.717, 1.165) is 19.6 Å². The molecule has 0 radical (unpaired) electrons. The first-order valence-corrected chi connectivity index (χ1v) is 6.21. The van der Waals surface area contributed by atoms with Crippen LogP contribution in [0.15, 0.2) is 0 Å². The summed E-state index contributed by atoms with van der Waals surface area (Å²) >= 11 is 0. The number of aliphatic carboxylic acids is 1. The molecule has 2 rings (SSSR count). The van der Waals surface area contributed by atoms with E-state index in [-0.39, 0.29) is 30.9 Å². The van der Waals surface area contributed by atoms with Crippen LogP contribution in [0.1, 0.15) is 26.7 Å². The van der Waals surface area contributed by atoms with E-state index < -0.39 is 11.8 Å². The molecule has 98 valence electrons. The minimum atomic E-state index is -0.911. The molecular formula is C12H20LiNO4. The zero-order valence-electron chi connectivity index (χ0n) is 11.5. The molecule has 2 heterocycles. The molecule has 0 bridgehead atoms. The zero-order chi connectivity index (χ0) is 12.5. The van der Waals surface area contributed by atoms with Gasteiger partial charge in [-0.05, 0) is 39.8 Å². The molecule has 1 unspecified atom stereocenters. The van der Waals surface area contributed by atoms with Crippen molar-refractivity contribution in [3.63, 3.8) is 0 Å². The number of carboxylic acids is 1. The molecule has 0 aliphatic carbocycles. The first kappa shape index (κ1) is 16.0. The van der Waals surface area contributed by atoms with Crippen molar-refractivity contribution in [2.45, 2.75) is 38.6 Å². The third-order valence-electron chi connectivity index (χ3n) is 3.45. The van der Waals surface area contributed by atoms with Crippen molar-refractivity contribution < 1.29 is 38.2 Å². The van der Waals surface area contributed by atoms with Gasteiger partial charge in [0.2, 0.25) is 0 Å². The van der Waals surface area contributed by atoms with Gasteiger partial charge in [0.05, 0.1) is 12.7 Å². The van der Waals surface area contributed by atoms with Crippen LogP contribution in [0.2, 0.25) is 0 Å². The van der Waals surface area contributed by atoms with Crippen molar-refractivity contribution in [3.8, 4) is 0 Å². The number of hydrogen-bond donors (Lipinski definition) is 0. The second-order valence-electron chi connectivity index (χ2n) is 5.34. The van der Waals surface area contributed by atoms with Crippen molar-refractivity contribution in [2.24, 2.45) is 5.92 Å². The number of ether oxygens (including phenoxy) is 2. The maximum atomic E-state index is 10.7. The monoisotopic (exact) mass is 249 g/mol. The number of carboxylic acid groups (broad SMARTS) is 1. The minimum absolute atomic E-state index is 0. The Hall–Kier alpha value is -0.0526. The Bertz CT molecular complexity index is 290. The average molecular weight is 249 g/mol. The van der Waals surface area contributed by atoms with Crippen LogP contribution in [0.5, 0.6) is 0 Å². The summed E-state index contributed by atoms with van der Waals surface area (Å²) in [5.74, 6) is -1.66. The Balaban J connectivity index is 0.00000162. The Kier molecular flexibility index (Phi) is 5.69. The maximum Gasteiger partial charge on any atom is 1.00 e. The van der Waals surface area contributed by atoms with E-state index in [4.69, 9.17) is 9.47 Å². The fourth-order valence-electron chi connectivity index (χ4n) is 2.49. The molecule has 0 aromatic rings. The van der Waals surface area contributed by atoms with Gasteiger partial charge in [-0.3, -0.25) is 0 Å². The van der Waals surface area contributed by atoms with Gasteiger partial charge in [-0.2, -0.15) is 0 Å². The SMILES string of the molecule is CC1(C)OCC(CN2CCC(C(=O)[O-])CC2)O1.[Li+]. The van der Waals surface area contributed by atoms with Crippen molar-refractivity contribution in [2.75, 3.05) is 26.2 Å².